The number of hydrogen-bond donors (Lipinski definition) is 1. The predicted molar refractivity (Wildman–Crippen MR) is 79.7 cm³/mol. The van der Waals surface area contributed by atoms with E-state index in [0.717, 1.165) is 12.8 Å². The molecule has 1 heteroatoms. The third-order valence-corrected chi connectivity index (χ3v) is 5.89. The molecule has 0 aliphatic heterocycles. The van der Waals surface area contributed by atoms with E-state index in [1.807, 2.05) is 6.92 Å². The molecule has 0 bridgehead atoms. The lowest BCUT2D eigenvalue weighted by atomic mass is 9.54. The fraction of sp³-hybridized carbons (Fsp3) is 0.556. The number of aliphatic hydroxyl groups is 1. The van der Waals surface area contributed by atoms with Gasteiger partial charge in [0.15, 0.2) is 0 Å². The van der Waals surface area contributed by atoms with Crippen LogP contribution in [0.15, 0.2) is 47.1 Å². The van der Waals surface area contributed by atoms with Crippen LogP contribution < -0.4 is 0 Å². The molecule has 102 valence electrons. The summed E-state index contributed by atoms with van der Waals surface area (Å²) < 4.78 is 0. The van der Waals surface area contributed by atoms with Crippen molar-refractivity contribution in [3.8, 4) is 0 Å². The summed E-state index contributed by atoms with van der Waals surface area (Å²) >= 11 is 0. The van der Waals surface area contributed by atoms with Crippen LogP contribution in [0.1, 0.15) is 40.5 Å². The smallest absolute Gasteiger partial charge is 0.0890 e. The number of allylic oxidation sites excluding steroid dienone is 7. The second-order valence-electron chi connectivity index (χ2n) is 7.08. The predicted octanol–water partition coefficient (Wildman–Crippen LogP) is 4.17. The molecule has 0 aromatic rings. The molecule has 1 nitrogen and oxygen atoms in total. The molecule has 0 spiro atoms. The Morgan fingerprint density at radius 1 is 1.26 bits per heavy atom. The van der Waals surface area contributed by atoms with Crippen molar-refractivity contribution in [1.29, 1.82) is 0 Å². The van der Waals surface area contributed by atoms with Crippen LogP contribution in [0.4, 0.5) is 0 Å². The molecule has 3 aliphatic rings. The average molecular weight is 256 g/mol. The Bertz CT molecular complexity index is 526. The van der Waals surface area contributed by atoms with Gasteiger partial charge in [0.25, 0.3) is 0 Å². The molecule has 0 amide bonds. The highest BCUT2D eigenvalue weighted by atomic mass is 16.3. The number of fused-ring (bicyclic) bond motifs is 2. The van der Waals surface area contributed by atoms with Crippen LogP contribution in [0.3, 0.4) is 0 Å². The summed E-state index contributed by atoms with van der Waals surface area (Å²) in [4.78, 5) is 0. The zero-order valence-corrected chi connectivity index (χ0v) is 12.4. The molecule has 0 saturated heterocycles. The first-order valence-corrected chi connectivity index (χ1v) is 7.36. The van der Waals surface area contributed by atoms with Crippen molar-refractivity contribution in [3.05, 3.63) is 47.1 Å². The fourth-order valence-electron chi connectivity index (χ4n) is 3.73. The van der Waals surface area contributed by atoms with Gasteiger partial charge in [-0.3, -0.25) is 0 Å². The zero-order valence-electron chi connectivity index (χ0n) is 12.4. The van der Waals surface area contributed by atoms with Gasteiger partial charge < -0.3 is 5.11 Å². The highest BCUT2D eigenvalue weighted by Gasteiger charge is 2.52. The summed E-state index contributed by atoms with van der Waals surface area (Å²) in [5.41, 5.74) is 3.13. The maximum Gasteiger partial charge on any atom is 0.0890 e. The van der Waals surface area contributed by atoms with Gasteiger partial charge in [0.2, 0.25) is 0 Å². The molecule has 0 aromatic heterocycles. The summed E-state index contributed by atoms with van der Waals surface area (Å²) in [6.07, 6.45) is 13.3. The minimum Gasteiger partial charge on any atom is -0.385 e. The van der Waals surface area contributed by atoms with Crippen LogP contribution in [-0.4, -0.2) is 10.7 Å². The van der Waals surface area contributed by atoms with Gasteiger partial charge in [0, 0.05) is 5.92 Å². The molecule has 1 fully saturated rings. The summed E-state index contributed by atoms with van der Waals surface area (Å²) in [6, 6.07) is 0. The van der Waals surface area contributed by atoms with Crippen LogP contribution >= 0.6 is 0 Å². The normalized spacial score (nSPS) is 39.7. The quantitative estimate of drug-likeness (QED) is 0.689. The summed E-state index contributed by atoms with van der Waals surface area (Å²) in [6.45, 7) is 8.67. The molecule has 3 aliphatic carbocycles. The Kier molecular flexibility index (Phi) is 2.69. The summed E-state index contributed by atoms with van der Waals surface area (Å²) in [7, 11) is 0. The summed E-state index contributed by atoms with van der Waals surface area (Å²) in [5, 5.41) is 11.1. The molecule has 1 N–H and O–H groups in total. The van der Waals surface area contributed by atoms with Crippen molar-refractivity contribution >= 4 is 0 Å². The maximum atomic E-state index is 11.1. The second kappa shape index (κ2) is 3.96. The minimum atomic E-state index is -0.723. The van der Waals surface area contributed by atoms with Crippen molar-refractivity contribution < 1.29 is 5.11 Å². The molecule has 3 rings (SSSR count). The molecule has 1 saturated carbocycles. The van der Waals surface area contributed by atoms with E-state index in [1.54, 1.807) is 0 Å². The van der Waals surface area contributed by atoms with E-state index in [1.165, 1.54) is 16.7 Å². The Morgan fingerprint density at radius 3 is 2.74 bits per heavy atom. The van der Waals surface area contributed by atoms with Crippen molar-refractivity contribution in [2.24, 2.45) is 17.3 Å². The van der Waals surface area contributed by atoms with Crippen molar-refractivity contribution in [2.75, 3.05) is 0 Å². The average Bonchev–Trinajstić information content (AvgIpc) is 2.36. The summed E-state index contributed by atoms with van der Waals surface area (Å²) in [5.74, 6) is 0.933. The first-order valence-electron chi connectivity index (χ1n) is 7.36. The van der Waals surface area contributed by atoms with Crippen LogP contribution in [0, 0.1) is 17.3 Å². The van der Waals surface area contributed by atoms with E-state index >= 15 is 0 Å². The molecule has 3 unspecified atom stereocenters. The van der Waals surface area contributed by atoms with Crippen LogP contribution in [0.25, 0.3) is 0 Å². The molecule has 19 heavy (non-hydrogen) atoms. The second-order valence-corrected chi connectivity index (χ2v) is 7.08. The van der Waals surface area contributed by atoms with Crippen LogP contribution in [0.5, 0.6) is 0 Å². The lowest BCUT2D eigenvalue weighted by Gasteiger charge is -2.53. The SMILES string of the molecule is CC1CC2C=C3CC=CC=C3C=C2C(C)(O)C1(C)C. The van der Waals surface area contributed by atoms with Gasteiger partial charge in [-0.05, 0) is 47.8 Å². The van der Waals surface area contributed by atoms with E-state index in [0.29, 0.717) is 11.8 Å². The van der Waals surface area contributed by atoms with Gasteiger partial charge in [-0.25, -0.2) is 0 Å². The van der Waals surface area contributed by atoms with Gasteiger partial charge in [-0.15, -0.1) is 0 Å². The third-order valence-electron chi connectivity index (χ3n) is 5.89. The van der Waals surface area contributed by atoms with E-state index in [-0.39, 0.29) is 5.41 Å². The molecule has 3 atom stereocenters. The van der Waals surface area contributed by atoms with Gasteiger partial charge >= 0.3 is 0 Å². The molecule has 0 aromatic carbocycles. The number of hydrogen-bond acceptors (Lipinski definition) is 1. The Morgan fingerprint density at radius 2 is 2.00 bits per heavy atom. The number of rotatable bonds is 0. The first kappa shape index (κ1) is 12.9. The standard InChI is InChI=1S/C18H24O/c1-12-9-15-10-13-7-5-6-8-14(13)11-16(15)18(4,19)17(12,2)3/h5-6,8,10-12,15,19H,7,9H2,1-4H3. The van der Waals surface area contributed by atoms with E-state index in [2.05, 4.69) is 51.2 Å². The zero-order chi connectivity index (χ0) is 13.8. The first-order chi connectivity index (χ1) is 8.84. The monoisotopic (exact) mass is 256 g/mol. The van der Waals surface area contributed by atoms with Crippen molar-refractivity contribution in [1.82, 2.24) is 0 Å². The van der Waals surface area contributed by atoms with E-state index in [9.17, 15) is 5.11 Å². The maximum absolute atomic E-state index is 11.1. The highest BCUT2D eigenvalue weighted by Crippen LogP contribution is 2.54. The molecular weight excluding hydrogens is 232 g/mol. The molecule has 0 heterocycles. The van der Waals surface area contributed by atoms with Gasteiger partial charge in [0.1, 0.15) is 0 Å². The van der Waals surface area contributed by atoms with Crippen molar-refractivity contribution in [2.45, 2.75) is 46.1 Å². The van der Waals surface area contributed by atoms with Gasteiger partial charge in [0.05, 0.1) is 5.60 Å². The van der Waals surface area contributed by atoms with Crippen molar-refractivity contribution in [3.63, 3.8) is 0 Å². The van der Waals surface area contributed by atoms with Gasteiger partial charge in [-0.1, -0.05) is 51.2 Å². The van der Waals surface area contributed by atoms with Crippen LogP contribution in [-0.2, 0) is 0 Å². The topological polar surface area (TPSA) is 20.2 Å². The molecular formula is C18H24O. The molecule has 0 radical (unpaired) electrons. The lowest BCUT2D eigenvalue weighted by molar-refractivity contribution is -0.0783. The third kappa shape index (κ3) is 1.71. The largest absolute Gasteiger partial charge is 0.385 e. The Balaban J connectivity index is 2.09. The van der Waals surface area contributed by atoms with Gasteiger partial charge in [-0.2, -0.15) is 0 Å². The Labute approximate surface area is 116 Å². The van der Waals surface area contributed by atoms with Crippen LogP contribution in [0.2, 0.25) is 0 Å². The fourth-order valence-corrected chi connectivity index (χ4v) is 3.73. The highest BCUT2D eigenvalue weighted by molar-refractivity contribution is 5.54. The lowest BCUT2D eigenvalue weighted by Crippen LogP contribution is -2.53. The Hall–Kier alpha value is -1.08. The minimum absolute atomic E-state index is 0.0776. The van der Waals surface area contributed by atoms with E-state index in [4.69, 9.17) is 0 Å². The van der Waals surface area contributed by atoms with E-state index < -0.39 is 5.60 Å².